The number of carbonyl (C=O) groups excluding carboxylic acids is 1. The zero-order valence-electron chi connectivity index (χ0n) is 15.4. The molecule has 1 aromatic carbocycles. The lowest BCUT2D eigenvalue weighted by Crippen LogP contribution is -2.55. The highest BCUT2D eigenvalue weighted by Gasteiger charge is 2.55. The van der Waals surface area contributed by atoms with Crippen LogP contribution in [0.5, 0.6) is 0 Å². The molecular weight excluding hydrogens is 334 g/mol. The molecule has 1 aliphatic carbocycles. The van der Waals surface area contributed by atoms with Gasteiger partial charge in [0.25, 0.3) is 0 Å². The van der Waals surface area contributed by atoms with Gasteiger partial charge in [-0.1, -0.05) is 44.2 Å². The molecule has 1 saturated heterocycles. The SMILES string of the molecule is CC(C)C1CCC2(CC1)OCC(C(=O)O)N2C(=O)OCc1ccccc1. The maximum atomic E-state index is 12.8. The number of amides is 1. The van der Waals surface area contributed by atoms with Crippen molar-refractivity contribution in [2.75, 3.05) is 6.61 Å². The van der Waals surface area contributed by atoms with Gasteiger partial charge in [0, 0.05) is 0 Å². The third-order valence-corrected chi connectivity index (χ3v) is 5.70. The second-order valence-corrected chi connectivity index (χ2v) is 7.60. The summed E-state index contributed by atoms with van der Waals surface area (Å²) < 4.78 is 11.4. The summed E-state index contributed by atoms with van der Waals surface area (Å²) >= 11 is 0. The summed E-state index contributed by atoms with van der Waals surface area (Å²) in [6.45, 7) is 4.53. The molecule has 1 N–H and O–H groups in total. The van der Waals surface area contributed by atoms with Crippen LogP contribution < -0.4 is 0 Å². The normalized spacial score (nSPS) is 28.5. The summed E-state index contributed by atoms with van der Waals surface area (Å²) in [5, 5.41) is 9.54. The van der Waals surface area contributed by atoms with E-state index in [9.17, 15) is 14.7 Å². The zero-order valence-corrected chi connectivity index (χ0v) is 15.4. The summed E-state index contributed by atoms with van der Waals surface area (Å²) in [5.41, 5.74) is 0.0211. The fourth-order valence-electron chi connectivity index (χ4n) is 4.07. The number of aliphatic carboxylic acids is 1. The van der Waals surface area contributed by atoms with E-state index >= 15 is 0 Å². The number of carbonyl (C=O) groups is 2. The molecule has 3 rings (SSSR count). The van der Waals surface area contributed by atoms with Gasteiger partial charge in [0.2, 0.25) is 0 Å². The highest BCUT2D eigenvalue weighted by Crippen LogP contribution is 2.44. The molecule has 1 spiro atoms. The van der Waals surface area contributed by atoms with E-state index in [1.807, 2.05) is 30.3 Å². The van der Waals surface area contributed by atoms with E-state index in [0.717, 1.165) is 18.4 Å². The molecule has 1 aromatic rings. The first-order valence-corrected chi connectivity index (χ1v) is 9.30. The highest BCUT2D eigenvalue weighted by atomic mass is 16.6. The minimum Gasteiger partial charge on any atom is -0.480 e. The Morgan fingerprint density at radius 3 is 2.50 bits per heavy atom. The van der Waals surface area contributed by atoms with E-state index in [1.165, 1.54) is 4.90 Å². The van der Waals surface area contributed by atoms with Gasteiger partial charge in [0.05, 0.1) is 6.61 Å². The van der Waals surface area contributed by atoms with E-state index in [1.54, 1.807) is 0 Å². The van der Waals surface area contributed by atoms with Crippen molar-refractivity contribution < 1.29 is 24.2 Å². The van der Waals surface area contributed by atoms with Crippen molar-refractivity contribution in [3.05, 3.63) is 35.9 Å². The van der Waals surface area contributed by atoms with Gasteiger partial charge in [-0.05, 0) is 43.1 Å². The van der Waals surface area contributed by atoms with Crippen LogP contribution in [-0.4, -0.2) is 40.4 Å². The minimum absolute atomic E-state index is 0.0160. The van der Waals surface area contributed by atoms with Gasteiger partial charge < -0.3 is 14.6 Å². The lowest BCUT2D eigenvalue weighted by molar-refractivity contribution is -0.145. The fraction of sp³-hybridized carbons (Fsp3) is 0.600. The molecule has 0 aromatic heterocycles. The number of benzene rings is 1. The lowest BCUT2D eigenvalue weighted by Gasteiger charge is -2.43. The largest absolute Gasteiger partial charge is 0.480 e. The van der Waals surface area contributed by atoms with Crippen LogP contribution in [0.1, 0.15) is 45.1 Å². The van der Waals surface area contributed by atoms with Crippen LogP contribution >= 0.6 is 0 Å². The maximum absolute atomic E-state index is 12.8. The molecule has 1 atom stereocenters. The Labute approximate surface area is 154 Å². The van der Waals surface area contributed by atoms with Gasteiger partial charge in [-0.15, -0.1) is 0 Å². The van der Waals surface area contributed by atoms with Gasteiger partial charge in [0.15, 0.2) is 6.04 Å². The molecule has 6 nitrogen and oxygen atoms in total. The summed E-state index contributed by atoms with van der Waals surface area (Å²) in [4.78, 5) is 25.8. The summed E-state index contributed by atoms with van der Waals surface area (Å²) in [5.74, 6) is 0.0994. The van der Waals surface area contributed by atoms with E-state index < -0.39 is 23.8 Å². The van der Waals surface area contributed by atoms with E-state index in [2.05, 4.69) is 13.8 Å². The standard InChI is InChI=1S/C20H27NO5/c1-14(2)16-8-10-20(11-9-16)21(17(13-26-20)18(22)23)19(24)25-12-15-6-4-3-5-7-15/h3-7,14,16-17H,8-13H2,1-2H3,(H,22,23). The van der Waals surface area contributed by atoms with Crippen molar-refractivity contribution in [2.45, 2.75) is 57.9 Å². The van der Waals surface area contributed by atoms with Crippen molar-refractivity contribution in [3.63, 3.8) is 0 Å². The van der Waals surface area contributed by atoms with Gasteiger partial charge in [0.1, 0.15) is 12.3 Å². The molecule has 1 aliphatic heterocycles. The predicted molar refractivity (Wildman–Crippen MR) is 95.4 cm³/mol. The smallest absolute Gasteiger partial charge is 0.413 e. The van der Waals surface area contributed by atoms with Crippen molar-refractivity contribution in [1.29, 1.82) is 0 Å². The Bertz CT molecular complexity index is 637. The number of hydrogen-bond acceptors (Lipinski definition) is 4. The Balaban J connectivity index is 1.73. The number of carboxylic acid groups (broad SMARTS) is 1. The topological polar surface area (TPSA) is 76.1 Å². The second kappa shape index (κ2) is 7.66. The molecule has 0 radical (unpaired) electrons. The average molecular weight is 361 g/mol. The molecule has 1 amide bonds. The molecule has 2 aliphatic rings. The zero-order chi connectivity index (χ0) is 18.7. The molecule has 0 bridgehead atoms. The number of carboxylic acids is 1. The summed E-state index contributed by atoms with van der Waals surface area (Å²) in [6, 6.07) is 8.38. The molecule has 2 fully saturated rings. The van der Waals surface area contributed by atoms with Gasteiger partial charge >= 0.3 is 12.1 Å². The van der Waals surface area contributed by atoms with Crippen molar-refractivity contribution >= 4 is 12.1 Å². The highest BCUT2D eigenvalue weighted by molar-refractivity contribution is 5.81. The predicted octanol–water partition coefficient (Wildman–Crippen LogP) is 3.65. The monoisotopic (exact) mass is 361 g/mol. The van der Waals surface area contributed by atoms with Crippen molar-refractivity contribution in [1.82, 2.24) is 4.90 Å². The fourth-order valence-corrected chi connectivity index (χ4v) is 4.07. The molecule has 142 valence electrons. The first-order valence-electron chi connectivity index (χ1n) is 9.30. The number of rotatable bonds is 4. The van der Waals surface area contributed by atoms with E-state index in [4.69, 9.17) is 9.47 Å². The third kappa shape index (κ3) is 3.70. The Morgan fingerprint density at radius 1 is 1.27 bits per heavy atom. The molecule has 1 heterocycles. The third-order valence-electron chi connectivity index (χ3n) is 5.70. The van der Waals surface area contributed by atoms with Crippen LogP contribution in [-0.2, 0) is 20.9 Å². The van der Waals surface area contributed by atoms with Crippen LogP contribution in [0.2, 0.25) is 0 Å². The molecule has 26 heavy (non-hydrogen) atoms. The van der Waals surface area contributed by atoms with Crippen LogP contribution in [0.15, 0.2) is 30.3 Å². The molecule has 1 unspecified atom stereocenters. The van der Waals surface area contributed by atoms with Crippen LogP contribution in [0, 0.1) is 11.8 Å². The lowest BCUT2D eigenvalue weighted by atomic mass is 9.77. The molecule has 1 saturated carbocycles. The van der Waals surface area contributed by atoms with Gasteiger partial charge in [-0.25, -0.2) is 9.59 Å². The molecular formula is C20H27NO5. The van der Waals surface area contributed by atoms with Crippen molar-refractivity contribution in [2.24, 2.45) is 11.8 Å². The van der Waals surface area contributed by atoms with Crippen LogP contribution in [0.4, 0.5) is 4.79 Å². The Kier molecular flexibility index (Phi) is 5.51. The summed E-state index contributed by atoms with van der Waals surface area (Å²) in [7, 11) is 0. The quantitative estimate of drug-likeness (QED) is 0.886. The van der Waals surface area contributed by atoms with Crippen molar-refractivity contribution in [3.8, 4) is 0 Å². The average Bonchev–Trinajstić information content (AvgIpc) is 3.00. The first-order chi connectivity index (χ1) is 12.4. The minimum atomic E-state index is -1.05. The maximum Gasteiger partial charge on any atom is 0.413 e. The van der Waals surface area contributed by atoms with Crippen LogP contribution in [0.25, 0.3) is 0 Å². The van der Waals surface area contributed by atoms with Gasteiger partial charge in [-0.2, -0.15) is 0 Å². The second-order valence-electron chi connectivity index (χ2n) is 7.60. The van der Waals surface area contributed by atoms with Crippen LogP contribution in [0.3, 0.4) is 0 Å². The first kappa shape index (κ1) is 18.7. The Hall–Kier alpha value is -2.08. The number of nitrogens with zero attached hydrogens (tertiary/aromatic N) is 1. The number of ether oxygens (including phenoxy) is 2. The Morgan fingerprint density at radius 2 is 1.92 bits per heavy atom. The van der Waals surface area contributed by atoms with Gasteiger partial charge in [-0.3, -0.25) is 4.90 Å². The van der Waals surface area contributed by atoms with E-state index in [-0.39, 0.29) is 13.2 Å². The summed E-state index contributed by atoms with van der Waals surface area (Å²) in [6.07, 6.45) is 2.54. The van der Waals surface area contributed by atoms with E-state index in [0.29, 0.717) is 24.7 Å². The number of hydrogen-bond donors (Lipinski definition) is 1. The molecule has 6 heteroatoms.